The molecule has 0 aliphatic carbocycles. The van der Waals surface area contributed by atoms with E-state index < -0.39 is 0 Å². The standard InChI is InChI=1S/C8H14S3/c1-3-4-8(2)5-10-7(9)11-6-8/h3-6H2,1-2H3. The molecule has 1 aliphatic heterocycles. The highest BCUT2D eigenvalue weighted by molar-refractivity contribution is 8.47. The Balaban J connectivity index is 2.41. The highest BCUT2D eigenvalue weighted by atomic mass is 32.2. The first-order valence-electron chi connectivity index (χ1n) is 3.96. The molecule has 0 aromatic rings. The Morgan fingerprint density at radius 2 is 2.00 bits per heavy atom. The molecule has 0 N–H and O–H groups in total. The average molecular weight is 206 g/mol. The SMILES string of the molecule is CCCC1(C)CSC(=S)SC1. The molecule has 0 nitrogen and oxygen atoms in total. The molecule has 0 saturated carbocycles. The summed E-state index contributed by atoms with van der Waals surface area (Å²) in [6.45, 7) is 4.63. The van der Waals surface area contributed by atoms with Crippen LogP contribution in [0.15, 0.2) is 0 Å². The van der Waals surface area contributed by atoms with E-state index in [-0.39, 0.29) is 0 Å². The normalized spacial score (nSPS) is 23.6. The van der Waals surface area contributed by atoms with Gasteiger partial charge in [0.25, 0.3) is 0 Å². The summed E-state index contributed by atoms with van der Waals surface area (Å²) in [4.78, 5) is 0. The molecule has 0 bridgehead atoms. The maximum atomic E-state index is 5.12. The van der Waals surface area contributed by atoms with Crippen LogP contribution in [0.4, 0.5) is 0 Å². The molecule has 11 heavy (non-hydrogen) atoms. The Morgan fingerprint density at radius 1 is 1.45 bits per heavy atom. The van der Waals surface area contributed by atoms with Gasteiger partial charge in [0.05, 0.1) is 0 Å². The van der Waals surface area contributed by atoms with E-state index in [9.17, 15) is 0 Å². The van der Waals surface area contributed by atoms with Gasteiger partial charge in [0.2, 0.25) is 0 Å². The van der Waals surface area contributed by atoms with Gasteiger partial charge in [-0.25, -0.2) is 0 Å². The first-order valence-corrected chi connectivity index (χ1v) is 6.34. The molecule has 0 amide bonds. The fourth-order valence-electron chi connectivity index (χ4n) is 1.30. The molecule has 1 saturated heterocycles. The van der Waals surface area contributed by atoms with Gasteiger partial charge in [0.1, 0.15) is 3.53 Å². The monoisotopic (exact) mass is 206 g/mol. The zero-order valence-electron chi connectivity index (χ0n) is 7.05. The third kappa shape index (κ3) is 2.96. The van der Waals surface area contributed by atoms with E-state index in [1.165, 1.54) is 24.3 Å². The predicted octanol–water partition coefficient (Wildman–Crippen LogP) is 3.56. The summed E-state index contributed by atoms with van der Waals surface area (Å²) in [6, 6.07) is 0. The highest BCUT2D eigenvalue weighted by Gasteiger charge is 2.28. The molecule has 64 valence electrons. The minimum Gasteiger partial charge on any atom is -0.107 e. The maximum absolute atomic E-state index is 5.12. The van der Waals surface area contributed by atoms with Gasteiger partial charge in [-0.3, -0.25) is 0 Å². The summed E-state index contributed by atoms with van der Waals surface area (Å²) in [7, 11) is 0. The van der Waals surface area contributed by atoms with Crippen molar-refractivity contribution in [3.05, 3.63) is 0 Å². The van der Waals surface area contributed by atoms with Crippen LogP contribution < -0.4 is 0 Å². The topological polar surface area (TPSA) is 0 Å². The van der Waals surface area contributed by atoms with Gasteiger partial charge in [-0.15, -0.1) is 23.5 Å². The van der Waals surface area contributed by atoms with E-state index in [2.05, 4.69) is 13.8 Å². The highest BCUT2D eigenvalue weighted by Crippen LogP contribution is 2.39. The van der Waals surface area contributed by atoms with Crippen molar-refractivity contribution >= 4 is 39.3 Å². The van der Waals surface area contributed by atoms with Crippen LogP contribution in [-0.4, -0.2) is 15.0 Å². The van der Waals surface area contributed by atoms with Gasteiger partial charge in [-0.2, -0.15) is 0 Å². The molecule has 0 aromatic carbocycles. The van der Waals surface area contributed by atoms with Crippen LogP contribution in [0.5, 0.6) is 0 Å². The smallest absolute Gasteiger partial charge is 0.104 e. The van der Waals surface area contributed by atoms with Crippen LogP contribution in [0.3, 0.4) is 0 Å². The zero-order valence-corrected chi connectivity index (χ0v) is 9.50. The molecule has 1 heterocycles. The largest absolute Gasteiger partial charge is 0.107 e. The van der Waals surface area contributed by atoms with E-state index >= 15 is 0 Å². The molecular formula is C8H14S3. The summed E-state index contributed by atoms with van der Waals surface area (Å²) in [5.41, 5.74) is 0.548. The fraction of sp³-hybridized carbons (Fsp3) is 0.875. The van der Waals surface area contributed by atoms with E-state index in [4.69, 9.17) is 12.2 Å². The Kier molecular flexibility index (Phi) is 3.72. The van der Waals surface area contributed by atoms with E-state index in [1.807, 2.05) is 23.5 Å². The van der Waals surface area contributed by atoms with Crippen molar-refractivity contribution in [1.29, 1.82) is 0 Å². The van der Waals surface area contributed by atoms with Crippen LogP contribution in [0.2, 0.25) is 0 Å². The van der Waals surface area contributed by atoms with Gasteiger partial charge in [-0.05, 0) is 11.8 Å². The van der Waals surface area contributed by atoms with Gasteiger partial charge in [0.15, 0.2) is 0 Å². The molecule has 1 aliphatic rings. The second kappa shape index (κ2) is 4.15. The second-order valence-electron chi connectivity index (χ2n) is 3.39. The molecule has 3 heteroatoms. The quantitative estimate of drug-likeness (QED) is 0.634. The molecule has 1 rings (SSSR count). The average Bonchev–Trinajstić information content (AvgIpc) is 1.97. The van der Waals surface area contributed by atoms with Gasteiger partial charge < -0.3 is 0 Å². The maximum Gasteiger partial charge on any atom is 0.104 e. The lowest BCUT2D eigenvalue weighted by Crippen LogP contribution is -2.26. The Labute approximate surface area is 82.9 Å². The van der Waals surface area contributed by atoms with Crippen molar-refractivity contribution in [2.24, 2.45) is 5.41 Å². The lowest BCUT2D eigenvalue weighted by atomic mass is 9.90. The Hall–Kier alpha value is 0.790. The molecule has 0 aromatic heterocycles. The third-order valence-corrected chi connectivity index (χ3v) is 5.50. The predicted molar refractivity (Wildman–Crippen MR) is 60.5 cm³/mol. The van der Waals surface area contributed by atoms with E-state index in [0.29, 0.717) is 5.41 Å². The van der Waals surface area contributed by atoms with Crippen molar-refractivity contribution in [3.8, 4) is 0 Å². The minimum absolute atomic E-state index is 0.548. The van der Waals surface area contributed by atoms with Crippen molar-refractivity contribution in [2.45, 2.75) is 26.7 Å². The first kappa shape index (κ1) is 9.87. The Bertz CT molecular complexity index is 143. The lowest BCUT2D eigenvalue weighted by molar-refractivity contribution is 0.392. The first-order chi connectivity index (χ1) is 5.16. The summed E-state index contributed by atoms with van der Waals surface area (Å²) in [5.74, 6) is 2.46. The van der Waals surface area contributed by atoms with Crippen LogP contribution >= 0.6 is 35.7 Å². The van der Waals surface area contributed by atoms with Crippen molar-refractivity contribution < 1.29 is 0 Å². The summed E-state index contributed by atoms with van der Waals surface area (Å²) in [6.07, 6.45) is 2.64. The Morgan fingerprint density at radius 3 is 2.45 bits per heavy atom. The summed E-state index contributed by atoms with van der Waals surface area (Å²) >= 11 is 8.84. The zero-order chi connectivity index (χ0) is 8.32. The number of hydrogen-bond acceptors (Lipinski definition) is 3. The van der Waals surface area contributed by atoms with Gasteiger partial charge >= 0.3 is 0 Å². The number of thioether (sulfide) groups is 2. The van der Waals surface area contributed by atoms with Crippen molar-refractivity contribution in [1.82, 2.24) is 0 Å². The van der Waals surface area contributed by atoms with E-state index in [0.717, 1.165) is 3.53 Å². The number of thiocarbonyl (C=S) groups is 1. The van der Waals surface area contributed by atoms with Gasteiger partial charge in [0, 0.05) is 11.5 Å². The number of rotatable bonds is 2. The molecule has 0 radical (unpaired) electrons. The van der Waals surface area contributed by atoms with Crippen LogP contribution in [0.1, 0.15) is 26.7 Å². The van der Waals surface area contributed by atoms with Crippen LogP contribution in [0, 0.1) is 5.41 Å². The third-order valence-electron chi connectivity index (χ3n) is 1.93. The molecule has 0 atom stereocenters. The number of hydrogen-bond donors (Lipinski definition) is 0. The molecular weight excluding hydrogens is 192 g/mol. The molecule has 0 spiro atoms. The van der Waals surface area contributed by atoms with Crippen LogP contribution in [0.25, 0.3) is 0 Å². The second-order valence-corrected chi connectivity index (χ2v) is 6.54. The summed E-state index contributed by atoms with van der Waals surface area (Å²) < 4.78 is 1.14. The lowest BCUT2D eigenvalue weighted by Gasteiger charge is -2.32. The van der Waals surface area contributed by atoms with Crippen LogP contribution in [-0.2, 0) is 0 Å². The minimum atomic E-state index is 0.548. The fourth-order valence-corrected chi connectivity index (χ4v) is 3.89. The summed E-state index contributed by atoms with van der Waals surface area (Å²) in [5, 5.41) is 0. The molecule has 0 unspecified atom stereocenters. The van der Waals surface area contributed by atoms with Gasteiger partial charge in [-0.1, -0.05) is 32.5 Å². The van der Waals surface area contributed by atoms with Crippen molar-refractivity contribution in [3.63, 3.8) is 0 Å². The molecule has 1 fully saturated rings. The van der Waals surface area contributed by atoms with Crippen molar-refractivity contribution in [2.75, 3.05) is 11.5 Å². The van der Waals surface area contributed by atoms with E-state index in [1.54, 1.807) is 0 Å².